The highest BCUT2D eigenvalue weighted by atomic mass is 19.1. The van der Waals surface area contributed by atoms with Crippen molar-refractivity contribution >= 4 is 11.8 Å². The van der Waals surface area contributed by atoms with Crippen molar-refractivity contribution in [1.82, 2.24) is 4.98 Å². The van der Waals surface area contributed by atoms with E-state index < -0.39 is 17.1 Å². The number of hydrogen-bond donors (Lipinski definition) is 2. The molecule has 1 aromatic carbocycles. The van der Waals surface area contributed by atoms with Crippen molar-refractivity contribution in [2.75, 3.05) is 0 Å². The van der Waals surface area contributed by atoms with Crippen LogP contribution in [0.25, 0.3) is 0 Å². The van der Waals surface area contributed by atoms with Crippen molar-refractivity contribution in [3.8, 4) is 0 Å². The van der Waals surface area contributed by atoms with Gasteiger partial charge in [-0.15, -0.1) is 0 Å². The van der Waals surface area contributed by atoms with Crippen LogP contribution < -0.4 is 5.56 Å². The summed E-state index contributed by atoms with van der Waals surface area (Å²) in [4.78, 5) is 37.4. The van der Waals surface area contributed by atoms with Crippen LogP contribution in [0.15, 0.2) is 35.1 Å². The first-order valence-corrected chi connectivity index (χ1v) is 6.74. The zero-order valence-electron chi connectivity index (χ0n) is 11.4. The lowest BCUT2D eigenvalue weighted by Gasteiger charge is -2.23. The Morgan fingerprint density at radius 3 is 2.50 bits per heavy atom. The third-order valence-electron chi connectivity index (χ3n) is 3.88. The maximum absolute atomic E-state index is 13.0. The molecule has 6 heteroatoms. The molecule has 0 aliphatic heterocycles. The van der Waals surface area contributed by atoms with Gasteiger partial charge in [0, 0.05) is 17.7 Å². The van der Waals surface area contributed by atoms with Gasteiger partial charge >= 0.3 is 5.97 Å². The number of benzene rings is 1. The molecular weight excluding hydrogens is 289 g/mol. The number of ketones is 1. The molecule has 1 aromatic heterocycles. The first-order chi connectivity index (χ1) is 10.5. The van der Waals surface area contributed by atoms with Crippen molar-refractivity contribution in [3.05, 3.63) is 68.9 Å². The maximum Gasteiger partial charge on any atom is 0.341 e. The number of hydrogen-bond acceptors (Lipinski definition) is 3. The summed E-state index contributed by atoms with van der Waals surface area (Å²) < 4.78 is 13.0. The zero-order valence-corrected chi connectivity index (χ0v) is 11.4. The lowest BCUT2D eigenvalue weighted by molar-refractivity contribution is 0.0695. The Bertz CT molecular complexity index is 823. The largest absolute Gasteiger partial charge is 0.477 e. The minimum Gasteiger partial charge on any atom is -0.477 e. The van der Waals surface area contributed by atoms with Gasteiger partial charge in [-0.1, -0.05) is 12.1 Å². The smallest absolute Gasteiger partial charge is 0.341 e. The number of carboxylic acids is 1. The summed E-state index contributed by atoms with van der Waals surface area (Å²) in [7, 11) is 0. The second kappa shape index (κ2) is 5.22. The van der Waals surface area contributed by atoms with Gasteiger partial charge in [0.2, 0.25) is 0 Å². The van der Waals surface area contributed by atoms with E-state index in [0.717, 1.165) is 11.6 Å². The number of pyridine rings is 1. The van der Waals surface area contributed by atoms with Gasteiger partial charge in [-0.2, -0.15) is 0 Å². The third-order valence-corrected chi connectivity index (χ3v) is 3.88. The molecule has 2 aromatic rings. The summed E-state index contributed by atoms with van der Waals surface area (Å²) in [6.07, 6.45) is 0.603. The van der Waals surface area contributed by atoms with Crippen LogP contribution in [0.1, 0.15) is 44.3 Å². The lowest BCUT2D eigenvalue weighted by Crippen LogP contribution is -2.27. The highest BCUT2D eigenvalue weighted by molar-refractivity contribution is 6.00. The molecule has 0 unspecified atom stereocenters. The van der Waals surface area contributed by atoms with Gasteiger partial charge in [0.05, 0.1) is 0 Å². The van der Waals surface area contributed by atoms with Crippen LogP contribution in [0.3, 0.4) is 0 Å². The number of rotatable bonds is 2. The van der Waals surface area contributed by atoms with Crippen LogP contribution in [0.2, 0.25) is 0 Å². The summed E-state index contributed by atoms with van der Waals surface area (Å²) in [5, 5.41) is 8.94. The number of Topliss-reactive ketones (excluding diaryl/α,β-unsaturated/α-hetero) is 1. The second-order valence-corrected chi connectivity index (χ2v) is 5.29. The number of carboxylic acid groups (broad SMARTS) is 1. The molecule has 0 bridgehead atoms. The predicted molar refractivity (Wildman–Crippen MR) is 75.8 cm³/mol. The van der Waals surface area contributed by atoms with Crippen LogP contribution >= 0.6 is 0 Å². The molecule has 2 N–H and O–H groups in total. The summed E-state index contributed by atoms with van der Waals surface area (Å²) in [5.74, 6) is -2.11. The molecule has 0 saturated heterocycles. The number of carbonyl (C=O) groups excluding carboxylic acids is 1. The van der Waals surface area contributed by atoms with E-state index in [1.807, 2.05) is 0 Å². The van der Waals surface area contributed by atoms with E-state index in [1.165, 1.54) is 12.1 Å². The van der Waals surface area contributed by atoms with Crippen LogP contribution in [0.5, 0.6) is 0 Å². The van der Waals surface area contributed by atoms with Gasteiger partial charge in [0.1, 0.15) is 11.4 Å². The fraction of sp³-hybridized carbons (Fsp3) is 0.188. The lowest BCUT2D eigenvalue weighted by atomic mass is 9.81. The quantitative estimate of drug-likeness (QED) is 0.889. The normalized spacial score (nSPS) is 17.1. The van der Waals surface area contributed by atoms with Crippen molar-refractivity contribution in [1.29, 1.82) is 0 Å². The summed E-state index contributed by atoms with van der Waals surface area (Å²) in [6, 6.07) is 7.01. The maximum atomic E-state index is 13.0. The molecule has 0 radical (unpaired) electrons. The van der Waals surface area contributed by atoms with Gasteiger partial charge in [0.25, 0.3) is 5.56 Å². The average molecular weight is 301 g/mol. The predicted octanol–water partition coefficient (Wildman–Crippen LogP) is 2.12. The molecule has 0 amide bonds. The molecule has 1 aliphatic rings. The fourth-order valence-electron chi connectivity index (χ4n) is 2.76. The van der Waals surface area contributed by atoms with E-state index in [4.69, 9.17) is 5.11 Å². The monoisotopic (exact) mass is 301 g/mol. The minimum absolute atomic E-state index is 0.160. The molecule has 5 nitrogen and oxygen atoms in total. The number of aromatic amines is 1. The van der Waals surface area contributed by atoms with E-state index in [9.17, 15) is 18.8 Å². The molecule has 3 rings (SSSR count). The number of aromatic carboxylic acids is 1. The second-order valence-electron chi connectivity index (χ2n) is 5.29. The van der Waals surface area contributed by atoms with Crippen molar-refractivity contribution in [2.24, 2.45) is 0 Å². The fourth-order valence-corrected chi connectivity index (χ4v) is 2.76. The molecule has 1 aliphatic carbocycles. The molecule has 0 fully saturated rings. The van der Waals surface area contributed by atoms with Crippen molar-refractivity contribution < 1.29 is 19.1 Å². The highest BCUT2D eigenvalue weighted by Gasteiger charge is 2.28. The topological polar surface area (TPSA) is 87.2 Å². The van der Waals surface area contributed by atoms with Crippen molar-refractivity contribution in [3.63, 3.8) is 0 Å². The Morgan fingerprint density at radius 1 is 1.18 bits per heavy atom. The van der Waals surface area contributed by atoms with Gasteiger partial charge < -0.3 is 10.1 Å². The number of H-pyrrole nitrogens is 1. The highest BCUT2D eigenvalue weighted by Crippen LogP contribution is 2.31. The Morgan fingerprint density at radius 2 is 1.86 bits per heavy atom. The van der Waals surface area contributed by atoms with E-state index in [-0.39, 0.29) is 29.5 Å². The van der Waals surface area contributed by atoms with Crippen molar-refractivity contribution in [2.45, 2.75) is 18.8 Å². The number of carbonyl (C=O) groups is 2. The Labute approximate surface area is 124 Å². The van der Waals surface area contributed by atoms with E-state index in [0.29, 0.717) is 12.1 Å². The number of fused-ring (bicyclic) bond motifs is 1. The molecule has 0 spiro atoms. The number of halogens is 1. The van der Waals surface area contributed by atoms with E-state index in [1.54, 1.807) is 12.1 Å². The first-order valence-electron chi connectivity index (χ1n) is 6.74. The Kier molecular flexibility index (Phi) is 3.36. The Hall–Kier alpha value is -2.76. The van der Waals surface area contributed by atoms with Crippen LogP contribution in [0, 0.1) is 5.82 Å². The first kappa shape index (κ1) is 14.2. The minimum atomic E-state index is -1.36. The van der Waals surface area contributed by atoms with Gasteiger partial charge in [-0.05, 0) is 36.1 Å². The zero-order chi connectivity index (χ0) is 15.9. The standard InChI is InChI=1S/C16H12FNO4/c17-10-3-1-8(2-4-10)9-5-13-11(14(19)6-9)7-12(16(21)22)15(20)18-13/h1-4,7,9H,5-6H2,(H,18,20)(H,21,22)/t9-/m1/s1. The van der Waals surface area contributed by atoms with Gasteiger partial charge in [-0.3, -0.25) is 9.59 Å². The Balaban J connectivity index is 2.01. The number of aromatic nitrogens is 1. The molecule has 1 heterocycles. The van der Waals surface area contributed by atoms with E-state index in [2.05, 4.69) is 4.98 Å². The van der Waals surface area contributed by atoms with E-state index >= 15 is 0 Å². The summed E-state index contributed by atoms with van der Waals surface area (Å²) >= 11 is 0. The van der Waals surface area contributed by atoms with Gasteiger partial charge in [-0.25, -0.2) is 9.18 Å². The summed E-state index contributed by atoms with van der Waals surface area (Å²) in [5.41, 5.74) is 0.325. The summed E-state index contributed by atoms with van der Waals surface area (Å²) in [6.45, 7) is 0. The van der Waals surface area contributed by atoms with Crippen LogP contribution in [-0.4, -0.2) is 21.8 Å². The molecular formula is C16H12FNO4. The molecule has 112 valence electrons. The molecule has 22 heavy (non-hydrogen) atoms. The van der Waals surface area contributed by atoms with Crippen LogP contribution in [0.4, 0.5) is 4.39 Å². The number of nitrogens with one attached hydrogen (secondary N) is 1. The van der Waals surface area contributed by atoms with Crippen LogP contribution in [-0.2, 0) is 6.42 Å². The third kappa shape index (κ3) is 2.43. The average Bonchev–Trinajstić information content (AvgIpc) is 2.46. The molecule has 0 saturated carbocycles. The molecule has 1 atom stereocenters. The SMILES string of the molecule is O=C1C[C@H](c2ccc(F)cc2)Cc2[nH]c(=O)c(C(=O)O)cc21. The van der Waals surface area contributed by atoms with Gasteiger partial charge in [0.15, 0.2) is 5.78 Å².